The third kappa shape index (κ3) is 2.51. The maximum absolute atomic E-state index is 12.1. The fraction of sp³-hybridized carbons (Fsp3) is 0.357. The number of rotatable bonds is 3. The first-order chi connectivity index (χ1) is 9.22. The zero-order valence-corrected chi connectivity index (χ0v) is 12.5. The largest absolute Gasteiger partial charge is 0.389 e. The lowest BCUT2D eigenvalue weighted by Gasteiger charge is -2.17. The molecule has 20 heavy (non-hydrogen) atoms. The molecular weight excluding hydrogens is 274 g/mol. The van der Waals surface area contributed by atoms with E-state index in [9.17, 15) is 9.59 Å². The van der Waals surface area contributed by atoms with Crippen LogP contribution < -0.4 is 11.1 Å². The van der Waals surface area contributed by atoms with Gasteiger partial charge in [0.15, 0.2) is 0 Å². The summed E-state index contributed by atoms with van der Waals surface area (Å²) in [5, 5.41) is 2.66. The van der Waals surface area contributed by atoms with E-state index in [1.807, 2.05) is 19.1 Å². The number of nitrogens with one attached hydrogen (secondary N) is 1. The van der Waals surface area contributed by atoms with Crippen LogP contribution in [0, 0.1) is 6.92 Å². The summed E-state index contributed by atoms with van der Waals surface area (Å²) in [6.45, 7) is 5.53. The van der Waals surface area contributed by atoms with Gasteiger partial charge in [-0.1, -0.05) is 24.4 Å². The smallest absolute Gasteiger partial charge is 0.325 e. The highest BCUT2D eigenvalue weighted by atomic mass is 32.1. The summed E-state index contributed by atoms with van der Waals surface area (Å²) in [5.41, 5.74) is 7.35. The number of hydrogen-bond donors (Lipinski definition) is 2. The van der Waals surface area contributed by atoms with Crippen molar-refractivity contribution in [1.29, 1.82) is 0 Å². The quantitative estimate of drug-likeness (QED) is 0.653. The highest BCUT2D eigenvalue weighted by molar-refractivity contribution is 7.80. The number of hydrogen-bond acceptors (Lipinski definition) is 3. The van der Waals surface area contributed by atoms with E-state index < -0.39 is 5.54 Å². The summed E-state index contributed by atoms with van der Waals surface area (Å²) < 4.78 is 0. The summed E-state index contributed by atoms with van der Waals surface area (Å²) in [7, 11) is 0. The minimum absolute atomic E-state index is 0.222. The number of urea groups is 1. The first-order valence-electron chi connectivity index (χ1n) is 6.26. The molecule has 0 atom stereocenters. The van der Waals surface area contributed by atoms with Crippen molar-refractivity contribution in [2.75, 3.05) is 0 Å². The number of nitrogens with two attached hydrogens (primary N) is 1. The third-order valence-electron chi connectivity index (χ3n) is 3.40. The van der Waals surface area contributed by atoms with Crippen molar-refractivity contribution in [3.8, 4) is 0 Å². The second-order valence-electron chi connectivity index (χ2n) is 5.45. The lowest BCUT2D eigenvalue weighted by molar-refractivity contribution is -0.130. The molecule has 1 aromatic carbocycles. The monoisotopic (exact) mass is 291 g/mol. The van der Waals surface area contributed by atoms with Crippen molar-refractivity contribution in [3.05, 3.63) is 34.9 Å². The zero-order valence-electron chi connectivity index (χ0n) is 11.7. The molecule has 3 amide bonds. The number of carbonyl (C=O) groups is 2. The Morgan fingerprint density at radius 2 is 2.05 bits per heavy atom. The molecule has 0 unspecified atom stereocenters. The van der Waals surface area contributed by atoms with Crippen LogP contribution in [0.4, 0.5) is 4.79 Å². The molecule has 1 aromatic rings. The Morgan fingerprint density at radius 3 is 2.50 bits per heavy atom. The molecule has 1 heterocycles. The maximum Gasteiger partial charge on any atom is 0.325 e. The van der Waals surface area contributed by atoms with Gasteiger partial charge >= 0.3 is 6.03 Å². The predicted octanol–water partition coefficient (Wildman–Crippen LogP) is 1.46. The highest BCUT2D eigenvalue weighted by Crippen LogP contribution is 2.21. The van der Waals surface area contributed by atoms with Crippen LogP contribution in [-0.4, -0.2) is 27.4 Å². The van der Waals surface area contributed by atoms with Crippen LogP contribution in [0.25, 0.3) is 0 Å². The second-order valence-corrected chi connectivity index (χ2v) is 5.89. The number of amides is 3. The highest BCUT2D eigenvalue weighted by Gasteiger charge is 2.44. The van der Waals surface area contributed by atoms with Crippen molar-refractivity contribution in [3.63, 3.8) is 0 Å². The molecule has 1 fully saturated rings. The van der Waals surface area contributed by atoms with Crippen LogP contribution in [0.1, 0.15) is 30.5 Å². The van der Waals surface area contributed by atoms with Crippen LogP contribution >= 0.6 is 12.2 Å². The molecular formula is C14H17N3O2S. The number of aryl methyl sites for hydroxylation is 1. The molecule has 0 saturated carbocycles. The molecule has 106 valence electrons. The van der Waals surface area contributed by atoms with Crippen molar-refractivity contribution < 1.29 is 9.59 Å². The molecule has 0 spiro atoms. The normalized spacial score (nSPS) is 17.2. The van der Waals surface area contributed by atoms with Crippen LogP contribution in [-0.2, 0) is 11.3 Å². The van der Waals surface area contributed by atoms with Crippen LogP contribution in [0.5, 0.6) is 0 Å². The van der Waals surface area contributed by atoms with E-state index in [4.69, 9.17) is 18.0 Å². The van der Waals surface area contributed by atoms with Gasteiger partial charge in [-0.15, -0.1) is 0 Å². The zero-order chi connectivity index (χ0) is 15.1. The van der Waals surface area contributed by atoms with E-state index in [1.54, 1.807) is 19.9 Å². The molecule has 6 heteroatoms. The molecule has 5 nitrogen and oxygen atoms in total. The Bertz CT molecular complexity index is 610. The fourth-order valence-corrected chi connectivity index (χ4v) is 2.29. The summed E-state index contributed by atoms with van der Waals surface area (Å²) in [6, 6.07) is 5.14. The standard InChI is InChI=1S/C14H17N3O2S/c1-8-6-9(11(15)20)4-5-10(8)7-17-12(18)14(2,3)16-13(17)19/h4-6H,7H2,1-3H3,(H2,15,20)(H,16,19). The average molecular weight is 291 g/mol. The Labute approximate surface area is 123 Å². The van der Waals surface area contributed by atoms with Crippen LogP contribution in [0.2, 0.25) is 0 Å². The van der Waals surface area contributed by atoms with Crippen molar-refractivity contribution in [1.82, 2.24) is 10.2 Å². The number of thiocarbonyl (C=S) groups is 1. The number of benzene rings is 1. The van der Waals surface area contributed by atoms with Gasteiger partial charge in [-0.3, -0.25) is 9.69 Å². The van der Waals surface area contributed by atoms with Gasteiger partial charge in [0.1, 0.15) is 10.5 Å². The van der Waals surface area contributed by atoms with Gasteiger partial charge in [0.2, 0.25) is 0 Å². The minimum Gasteiger partial charge on any atom is -0.389 e. The summed E-state index contributed by atoms with van der Waals surface area (Å²) in [5.74, 6) is -0.222. The fourth-order valence-electron chi connectivity index (χ4n) is 2.16. The van der Waals surface area contributed by atoms with Gasteiger partial charge < -0.3 is 11.1 Å². The van der Waals surface area contributed by atoms with Gasteiger partial charge in [0.05, 0.1) is 6.54 Å². The molecule has 2 rings (SSSR count). The molecule has 1 aliphatic rings. The Hall–Kier alpha value is -1.95. The topological polar surface area (TPSA) is 75.4 Å². The van der Waals surface area contributed by atoms with Gasteiger partial charge in [-0.2, -0.15) is 0 Å². The maximum atomic E-state index is 12.1. The molecule has 3 N–H and O–H groups in total. The van der Waals surface area contributed by atoms with Crippen molar-refractivity contribution in [2.24, 2.45) is 5.73 Å². The molecule has 0 radical (unpaired) electrons. The van der Waals surface area contributed by atoms with Crippen molar-refractivity contribution >= 4 is 29.1 Å². The summed E-state index contributed by atoms with van der Waals surface area (Å²) >= 11 is 4.93. The first kappa shape index (κ1) is 14.5. The first-order valence-corrected chi connectivity index (χ1v) is 6.66. The van der Waals surface area contributed by atoms with Crippen molar-refractivity contribution in [2.45, 2.75) is 32.9 Å². The van der Waals surface area contributed by atoms with E-state index in [1.165, 1.54) is 4.90 Å². The van der Waals surface area contributed by atoms with Gasteiger partial charge in [-0.05, 0) is 38.0 Å². The SMILES string of the molecule is Cc1cc(C(N)=S)ccc1CN1C(=O)NC(C)(C)C1=O. The van der Waals surface area contributed by atoms with E-state index in [0.717, 1.165) is 16.7 Å². The predicted molar refractivity (Wildman–Crippen MR) is 80.2 cm³/mol. The number of imide groups is 1. The Kier molecular flexibility index (Phi) is 3.52. The lowest BCUT2D eigenvalue weighted by Crippen LogP contribution is -2.40. The Balaban J connectivity index is 2.25. The molecule has 0 aliphatic carbocycles. The van der Waals surface area contributed by atoms with E-state index in [2.05, 4.69) is 5.32 Å². The van der Waals surface area contributed by atoms with E-state index in [-0.39, 0.29) is 18.5 Å². The molecule has 0 aromatic heterocycles. The average Bonchev–Trinajstić information content (AvgIpc) is 2.53. The molecule has 1 aliphatic heterocycles. The number of nitrogens with zero attached hydrogens (tertiary/aromatic N) is 1. The van der Waals surface area contributed by atoms with Crippen LogP contribution in [0.3, 0.4) is 0 Å². The summed E-state index contributed by atoms with van der Waals surface area (Å²) in [4.78, 5) is 25.5. The minimum atomic E-state index is -0.843. The Morgan fingerprint density at radius 1 is 1.40 bits per heavy atom. The molecule has 1 saturated heterocycles. The molecule has 0 bridgehead atoms. The van der Waals surface area contributed by atoms with Gasteiger partial charge in [-0.25, -0.2) is 4.79 Å². The van der Waals surface area contributed by atoms with Gasteiger partial charge in [0.25, 0.3) is 5.91 Å². The van der Waals surface area contributed by atoms with E-state index in [0.29, 0.717) is 4.99 Å². The van der Waals surface area contributed by atoms with Crippen LogP contribution in [0.15, 0.2) is 18.2 Å². The summed E-state index contributed by atoms with van der Waals surface area (Å²) in [6.07, 6.45) is 0. The second kappa shape index (κ2) is 4.86. The number of carbonyl (C=O) groups excluding carboxylic acids is 2. The third-order valence-corrected chi connectivity index (χ3v) is 3.64. The van der Waals surface area contributed by atoms with Gasteiger partial charge in [0, 0.05) is 5.56 Å². The lowest BCUT2D eigenvalue weighted by atomic mass is 10.0. The van der Waals surface area contributed by atoms with E-state index >= 15 is 0 Å².